The second kappa shape index (κ2) is 6.34. The van der Waals surface area contributed by atoms with Crippen LogP contribution in [-0.2, 0) is 15.4 Å². The summed E-state index contributed by atoms with van der Waals surface area (Å²) in [6, 6.07) is 9.75. The number of sulfone groups is 1. The first-order valence-corrected chi connectivity index (χ1v) is 8.30. The molecule has 18 heavy (non-hydrogen) atoms. The Hall–Kier alpha value is -0.870. The molecule has 1 unspecified atom stereocenters. The monoisotopic (exact) mass is 269 g/mol. The van der Waals surface area contributed by atoms with Crippen LogP contribution in [0.3, 0.4) is 0 Å². The highest BCUT2D eigenvalue weighted by Crippen LogP contribution is 2.26. The van der Waals surface area contributed by atoms with E-state index in [0.717, 1.165) is 12.0 Å². The van der Waals surface area contributed by atoms with Crippen molar-refractivity contribution in [2.45, 2.75) is 38.6 Å². The van der Waals surface area contributed by atoms with Gasteiger partial charge in [0.2, 0.25) is 0 Å². The van der Waals surface area contributed by atoms with E-state index in [1.165, 1.54) is 0 Å². The SMILES string of the molecule is CCCS(=O)(=O)CCC(N)(CC)c1ccccc1. The van der Waals surface area contributed by atoms with E-state index >= 15 is 0 Å². The van der Waals surface area contributed by atoms with Crippen LogP contribution in [0.15, 0.2) is 30.3 Å². The lowest BCUT2D eigenvalue weighted by Gasteiger charge is -2.28. The van der Waals surface area contributed by atoms with Crippen LogP contribution in [0.5, 0.6) is 0 Å². The topological polar surface area (TPSA) is 60.2 Å². The van der Waals surface area contributed by atoms with Crippen LogP contribution >= 0.6 is 0 Å². The van der Waals surface area contributed by atoms with Crippen LogP contribution in [-0.4, -0.2) is 19.9 Å². The molecule has 0 fully saturated rings. The average Bonchev–Trinajstić information content (AvgIpc) is 2.37. The highest BCUT2D eigenvalue weighted by atomic mass is 32.2. The van der Waals surface area contributed by atoms with Gasteiger partial charge in [-0.15, -0.1) is 0 Å². The summed E-state index contributed by atoms with van der Waals surface area (Å²) >= 11 is 0. The first kappa shape index (κ1) is 15.2. The Morgan fingerprint density at radius 3 is 2.22 bits per heavy atom. The molecule has 0 heterocycles. The third-order valence-electron chi connectivity index (χ3n) is 3.35. The van der Waals surface area contributed by atoms with Crippen molar-refractivity contribution in [3.8, 4) is 0 Å². The van der Waals surface area contributed by atoms with Crippen LogP contribution in [0.1, 0.15) is 38.7 Å². The highest BCUT2D eigenvalue weighted by molar-refractivity contribution is 7.91. The predicted octanol–water partition coefficient (Wildman–Crippen LogP) is 2.47. The molecule has 0 radical (unpaired) electrons. The molecule has 0 saturated carbocycles. The zero-order valence-electron chi connectivity index (χ0n) is 11.2. The quantitative estimate of drug-likeness (QED) is 0.827. The van der Waals surface area contributed by atoms with Gasteiger partial charge in [-0.25, -0.2) is 8.42 Å². The summed E-state index contributed by atoms with van der Waals surface area (Å²) in [7, 11) is -2.96. The Balaban J connectivity index is 2.79. The Morgan fingerprint density at radius 2 is 1.72 bits per heavy atom. The minimum Gasteiger partial charge on any atom is -0.321 e. The van der Waals surface area contributed by atoms with Crippen LogP contribution in [0.25, 0.3) is 0 Å². The fourth-order valence-electron chi connectivity index (χ4n) is 2.05. The minimum atomic E-state index is -2.96. The summed E-state index contributed by atoms with van der Waals surface area (Å²) in [4.78, 5) is 0. The van der Waals surface area contributed by atoms with Crippen molar-refractivity contribution in [1.82, 2.24) is 0 Å². The van der Waals surface area contributed by atoms with Gasteiger partial charge < -0.3 is 5.73 Å². The number of hydrogen-bond donors (Lipinski definition) is 1. The van der Waals surface area contributed by atoms with Crippen molar-refractivity contribution in [2.75, 3.05) is 11.5 Å². The number of rotatable bonds is 7. The molecule has 0 bridgehead atoms. The van der Waals surface area contributed by atoms with Gasteiger partial charge in [0.1, 0.15) is 9.84 Å². The molecule has 1 rings (SSSR count). The maximum absolute atomic E-state index is 11.8. The van der Waals surface area contributed by atoms with E-state index in [4.69, 9.17) is 5.73 Å². The van der Waals surface area contributed by atoms with E-state index in [0.29, 0.717) is 12.8 Å². The van der Waals surface area contributed by atoms with Crippen molar-refractivity contribution in [3.05, 3.63) is 35.9 Å². The van der Waals surface area contributed by atoms with E-state index < -0.39 is 15.4 Å². The first-order valence-electron chi connectivity index (χ1n) is 6.48. The van der Waals surface area contributed by atoms with Gasteiger partial charge in [0.15, 0.2) is 0 Å². The maximum atomic E-state index is 11.8. The molecular weight excluding hydrogens is 246 g/mol. The van der Waals surface area contributed by atoms with Crippen molar-refractivity contribution in [3.63, 3.8) is 0 Å². The molecule has 0 spiro atoms. The van der Waals surface area contributed by atoms with E-state index in [9.17, 15) is 8.42 Å². The maximum Gasteiger partial charge on any atom is 0.150 e. The van der Waals surface area contributed by atoms with Crippen LogP contribution in [0.4, 0.5) is 0 Å². The van der Waals surface area contributed by atoms with Gasteiger partial charge in [-0.3, -0.25) is 0 Å². The summed E-state index contributed by atoms with van der Waals surface area (Å²) in [5.41, 5.74) is 6.83. The molecule has 0 aromatic heterocycles. The summed E-state index contributed by atoms with van der Waals surface area (Å²) in [6.07, 6.45) is 1.88. The summed E-state index contributed by atoms with van der Waals surface area (Å²) in [6.45, 7) is 3.88. The largest absolute Gasteiger partial charge is 0.321 e. The molecule has 1 aromatic carbocycles. The molecule has 1 aromatic rings. The second-order valence-corrected chi connectivity index (χ2v) is 7.08. The van der Waals surface area contributed by atoms with Gasteiger partial charge in [0.05, 0.1) is 5.75 Å². The van der Waals surface area contributed by atoms with Gasteiger partial charge in [0, 0.05) is 11.3 Å². The molecule has 4 heteroatoms. The lowest BCUT2D eigenvalue weighted by atomic mass is 9.86. The van der Waals surface area contributed by atoms with Gasteiger partial charge in [-0.2, -0.15) is 0 Å². The standard InChI is InChI=1S/C14H23NO2S/c1-3-11-18(16,17)12-10-14(15,4-2)13-8-6-5-7-9-13/h5-9H,3-4,10-12,15H2,1-2H3. The van der Waals surface area contributed by atoms with E-state index in [1.54, 1.807) is 0 Å². The Kier molecular flexibility index (Phi) is 5.35. The Morgan fingerprint density at radius 1 is 1.11 bits per heavy atom. The molecule has 0 aliphatic carbocycles. The fourth-order valence-corrected chi connectivity index (χ4v) is 3.55. The van der Waals surface area contributed by atoms with Crippen molar-refractivity contribution >= 4 is 9.84 Å². The van der Waals surface area contributed by atoms with E-state index in [-0.39, 0.29) is 11.5 Å². The van der Waals surface area contributed by atoms with Gasteiger partial charge in [-0.05, 0) is 24.8 Å². The summed E-state index contributed by atoms with van der Waals surface area (Å²) in [5.74, 6) is 0.418. The average molecular weight is 269 g/mol. The zero-order chi connectivity index (χ0) is 13.6. The van der Waals surface area contributed by atoms with Crippen LogP contribution < -0.4 is 5.73 Å². The van der Waals surface area contributed by atoms with Crippen LogP contribution in [0.2, 0.25) is 0 Å². The van der Waals surface area contributed by atoms with Crippen LogP contribution in [0, 0.1) is 0 Å². The van der Waals surface area contributed by atoms with E-state index in [1.807, 2.05) is 44.2 Å². The highest BCUT2D eigenvalue weighted by Gasteiger charge is 2.27. The van der Waals surface area contributed by atoms with Crippen molar-refractivity contribution in [1.29, 1.82) is 0 Å². The third-order valence-corrected chi connectivity index (χ3v) is 5.21. The summed E-state index contributed by atoms with van der Waals surface area (Å²) < 4.78 is 23.5. The third kappa shape index (κ3) is 4.10. The normalized spacial score (nSPS) is 15.3. The molecule has 2 N–H and O–H groups in total. The van der Waals surface area contributed by atoms with E-state index in [2.05, 4.69) is 0 Å². The Bertz CT molecular complexity index is 456. The lowest BCUT2D eigenvalue weighted by Crippen LogP contribution is -2.38. The molecule has 3 nitrogen and oxygen atoms in total. The summed E-state index contributed by atoms with van der Waals surface area (Å²) in [5, 5.41) is 0. The van der Waals surface area contributed by atoms with Crippen molar-refractivity contribution < 1.29 is 8.42 Å². The number of hydrogen-bond acceptors (Lipinski definition) is 3. The fraction of sp³-hybridized carbons (Fsp3) is 0.571. The van der Waals surface area contributed by atoms with Gasteiger partial charge in [-0.1, -0.05) is 44.2 Å². The molecule has 0 aliphatic heterocycles. The lowest BCUT2D eigenvalue weighted by molar-refractivity contribution is 0.412. The molecule has 1 atom stereocenters. The molecule has 0 amide bonds. The number of nitrogens with two attached hydrogens (primary N) is 1. The minimum absolute atomic E-state index is 0.167. The molecule has 0 saturated heterocycles. The van der Waals surface area contributed by atoms with Gasteiger partial charge >= 0.3 is 0 Å². The second-order valence-electron chi connectivity index (χ2n) is 4.78. The predicted molar refractivity (Wildman–Crippen MR) is 76.2 cm³/mol. The molecule has 102 valence electrons. The smallest absolute Gasteiger partial charge is 0.150 e. The first-order chi connectivity index (χ1) is 8.43. The molecule has 0 aliphatic rings. The van der Waals surface area contributed by atoms with Gasteiger partial charge in [0.25, 0.3) is 0 Å². The number of benzene rings is 1. The Labute approximate surface area is 110 Å². The van der Waals surface area contributed by atoms with Crippen molar-refractivity contribution in [2.24, 2.45) is 5.73 Å². The zero-order valence-corrected chi connectivity index (χ0v) is 12.0. The molecular formula is C14H23NO2S.